The molecule has 2 aliphatic rings. The lowest BCUT2D eigenvalue weighted by molar-refractivity contribution is -0.123. The van der Waals surface area contributed by atoms with E-state index in [1.165, 1.54) is 6.20 Å². The van der Waals surface area contributed by atoms with Crippen LogP contribution in [0.25, 0.3) is 11.0 Å². The van der Waals surface area contributed by atoms with Crippen LogP contribution in [0.4, 0.5) is 10.2 Å². The SMILES string of the molecule is CC(C)[C@H](N)C(=O)NC1CCN(c2nc3c(cc2F)c(=O)c(C(=O)O)cn3C2CC2)C1. The number of carboxylic acids is 1. The molecule has 4 N–H and O–H groups in total. The Labute approximate surface area is 178 Å². The van der Waals surface area contributed by atoms with Gasteiger partial charge in [0.1, 0.15) is 11.2 Å². The van der Waals surface area contributed by atoms with Gasteiger partial charge in [0, 0.05) is 31.4 Å². The number of fused-ring (bicyclic) bond motifs is 1. The fourth-order valence-electron chi connectivity index (χ4n) is 3.91. The quantitative estimate of drug-likeness (QED) is 0.627. The molecule has 2 aromatic heterocycles. The highest BCUT2D eigenvalue weighted by Crippen LogP contribution is 2.37. The summed E-state index contributed by atoms with van der Waals surface area (Å²) in [5, 5.41) is 12.2. The van der Waals surface area contributed by atoms with Crippen molar-refractivity contribution in [2.24, 2.45) is 11.7 Å². The summed E-state index contributed by atoms with van der Waals surface area (Å²) in [6.45, 7) is 4.59. The lowest BCUT2D eigenvalue weighted by atomic mass is 10.0. The summed E-state index contributed by atoms with van der Waals surface area (Å²) < 4.78 is 16.6. The second-order valence-electron chi connectivity index (χ2n) is 8.69. The van der Waals surface area contributed by atoms with Gasteiger partial charge in [-0.15, -0.1) is 0 Å². The van der Waals surface area contributed by atoms with Gasteiger partial charge < -0.3 is 25.6 Å². The minimum absolute atomic E-state index is 0.00644. The van der Waals surface area contributed by atoms with Crippen LogP contribution in [-0.2, 0) is 4.79 Å². The zero-order chi connectivity index (χ0) is 22.4. The van der Waals surface area contributed by atoms with Gasteiger partial charge in [-0.2, -0.15) is 0 Å². The molecule has 1 saturated heterocycles. The minimum atomic E-state index is -1.34. The molecule has 1 amide bonds. The number of amides is 1. The molecule has 0 aromatic carbocycles. The summed E-state index contributed by atoms with van der Waals surface area (Å²) in [7, 11) is 0. The van der Waals surface area contributed by atoms with Crippen LogP contribution in [0.3, 0.4) is 0 Å². The molecule has 2 fully saturated rings. The number of aromatic nitrogens is 2. The Morgan fingerprint density at radius 1 is 1.32 bits per heavy atom. The fraction of sp³-hybridized carbons (Fsp3) is 0.524. The molecule has 1 aliphatic heterocycles. The van der Waals surface area contributed by atoms with E-state index in [9.17, 15) is 23.9 Å². The van der Waals surface area contributed by atoms with E-state index in [0.29, 0.717) is 19.5 Å². The monoisotopic (exact) mass is 431 g/mol. The maximum absolute atomic E-state index is 14.9. The predicted molar refractivity (Wildman–Crippen MR) is 113 cm³/mol. The number of anilines is 1. The normalized spacial score (nSPS) is 19.8. The van der Waals surface area contributed by atoms with E-state index in [2.05, 4.69) is 10.3 Å². The minimum Gasteiger partial charge on any atom is -0.477 e. The maximum Gasteiger partial charge on any atom is 0.341 e. The third-order valence-electron chi connectivity index (χ3n) is 5.97. The molecule has 3 heterocycles. The topological polar surface area (TPSA) is 131 Å². The van der Waals surface area contributed by atoms with Crippen molar-refractivity contribution in [2.45, 2.75) is 51.2 Å². The average molecular weight is 431 g/mol. The first-order valence-electron chi connectivity index (χ1n) is 10.5. The first kappa shape index (κ1) is 21.2. The summed E-state index contributed by atoms with van der Waals surface area (Å²) in [5.41, 5.74) is 5.04. The van der Waals surface area contributed by atoms with Gasteiger partial charge in [0.05, 0.1) is 11.4 Å². The van der Waals surface area contributed by atoms with Gasteiger partial charge >= 0.3 is 5.97 Å². The highest BCUT2D eigenvalue weighted by molar-refractivity contribution is 5.92. The van der Waals surface area contributed by atoms with Gasteiger partial charge in [0.15, 0.2) is 11.6 Å². The molecule has 0 bridgehead atoms. The van der Waals surface area contributed by atoms with E-state index in [-0.39, 0.29) is 40.8 Å². The molecule has 9 nitrogen and oxygen atoms in total. The van der Waals surface area contributed by atoms with Gasteiger partial charge in [-0.25, -0.2) is 14.2 Å². The number of nitrogens with two attached hydrogens (primary N) is 1. The van der Waals surface area contributed by atoms with Crippen LogP contribution >= 0.6 is 0 Å². The van der Waals surface area contributed by atoms with E-state index in [1.54, 1.807) is 9.47 Å². The first-order chi connectivity index (χ1) is 14.7. The number of rotatable bonds is 6. The Bertz CT molecular complexity index is 1110. The number of pyridine rings is 2. The number of aromatic carboxylic acids is 1. The van der Waals surface area contributed by atoms with E-state index in [1.807, 2.05) is 13.8 Å². The number of hydrogen-bond donors (Lipinski definition) is 3. The molecule has 1 saturated carbocycles. The van der Waals surface area contributed by atoms with Gasteiger partial charge in [-0.05, 0) is 31.2 Å². The molecule has 166 valence electrons. The molecule has 1 aliphatic carbocycles. The van der Waals surface area contributed by atoms with Crippen molar-refractivity contribution in [3.05, 3.63) is 33.9 Å². The van der Waals surface area contributed by atoms with Crippen LogP contribution in [-0.4, -0.2) is 51.7 Å². The number of carbonyl (C=O) groups is 2. The Hall–Kier alpha value is -3.01. The van der Waals surface area contributed by atoms with Crippen molar-refractivity contribution in [3.63, 3.8) is 0 Å². The molecule has 10 heteroatoms. The summed E-state index contributed by atoms with van der Waals surface area (Å²) in [6, 6.07) is 0.330. The van der Waals surface area contributed by atoms with Crippen LogP contribution in [0.1, 0.15) is 49.5 Å². The van der Waals surface area contributed by atoms with E-state index >= 15 is 0 Å². The van der Waals surface area contributed by atoms with Gasteiger partial charge in [0.25, 0.3) is 0 Å². The summed E-state index contributed by atoms with van der Waals surface area (Å²) >= 11 is 0. The molecule has 2 aromatic rings. The van der Waals surface area contributed by atoms with Crippen LogP contribution in [0.15, 0.2) is 17.1 Å². The number of carbonyl (C=O) groups excluding carboxylic acids is 1. The van der Waals surface area contributed by atoms with Crippen molar-refractivity contribution >= 4 is 28.7 Å². The number of hydrogen-bond acceptors (Lipinski definition) is 6. The molecular weight excluding hydrogens is 405 g/mol. The largest absolute Gasteiger partial charge is 0.477 e. The predicted octanol–water partition coefficient (Wildman–Crippen LogP) is 1.25. The van der Waals surface area contributed by atoms with E-state index in [4.69, 9.17) is 5.73 Å². The van der Waals surface area contributed by atoms with Gasteiger partial charge in [-0.3, -0.25) is 9.59 Å². The van der Waals surface area contributed by atoms with Crippen molar-refractivity contribution in [3.8, 4) is 0 Å². The number of carboxylic acid groups (broad SMARTS) is 1. The van der Waals surface area contributed by atoms with Crippen LogP contribution < -0.4 is 21.4 Å². The third-order valence-corrected chi connectivity index (χ3v) is 5.97. The number of halogens is 1. The Morgan fingerprint density at radius 2 is 2.03 bits per heavy atom. The Balaban J connectivity index is 1.65. The lowest BCUT2D eigenvalue weighted by Gasteiger charge is -2.21. The second-order valence-corrected chi connectivity index (χ2v) is 8.69. The van der Waals surface area contributed by atoms with Crippen LogP contribution in [0, 0.1) is 11.7 Å². The number of nitrogens with one attached hydrogen (secondary N) is 1. The molecule has 1 unspecified atom stereocenters. The molecular formula is C21H26FN5O4. The number of nitrogens with zero attached hydrogens (tertiary/aromatic N) is 3. The molecule has 31 heavy (non-hydrogen) atoms. The van der Waals surface area contributed by atoms with Crippen LogP contribution in [0.5, 0.6) is 0 Å². The molecule has 0 radical (unpaired) electrons. The third kappa shape index (κ3) is 3.99. The first-order valence-corrected chi connectivity index (χ1v) is 10.5. The van der Waals surface area contributed by atoms with Crippen molar-refractivity contribution in [1.29, 1.82) is 0 Å². The fourth-order valence-corrected chi connectivity index (χ4v) is 3.91. The summed E-state index contributed by atoms with van der Waals surface area (Å²) in [6.07, 6.45) is 3.61. The highest BCUT2D eigenvalue weighted by Gasteiger charge is 2.31. The maximum atomic E-state index is 14.9. The Kier molecular flexibility index (Phi) is 5.42. The molecule has 0 spiro atoms. The lowest BCUT2D eigenvalue weighted by Crippen LogP contribution is -2.48. The zero-order valence-corrected chi connectivity index (χ0v) is 17.5. The van der Waals surface area contributed by atoms with E-state index < -0.39 is 28.8 Å². The molecule has 2 atom stereocenters. The summed E-state index contributed by atoms with van der Waals surface area (Å²) in [4.78, 5) is 42.4. The van der Waals surface area contributed by atoms with Crippen molar-refractivity contribution in [1.82, 2.24) is 14.9 Å². The van der Waals surface area contributed by atoms with Gasteiger partial charge in [-0.1, -0.05) is 13.8 Å². The highest BCUT2D eigenvalue weighted by atomic mass is 19.1. The smallest absolute Gasteiger partial charge is 0.341 e. The second kappa shape index (κ2) is 7.92. The van der Waals surface area contributed by atoms with Crippen LogP contribution in [0.2, 0.25) is 0 Å². The average Bonchev–Trinajstić information content (AvgIpc) is 3.46. The van der Waals surface area contributed by atoms with Crippen molar-refractivity contribution < 1.29 is 19.1 Å². The van der Waals surface area contributed by atoms with Crippen molar-refractivity contribution in [2.75, 3.05) is 18.0 Å². The summed E-state index contributed by atoms with van der Waals surface area (Å²) in [5.74, 6) is -2.18. The standard InChI is InChI=1S/C21H26FN5O4/c1-10(2)16(23)20(29)24-11-5-6-26(8-11)19-15(22)7-13-17(28)14(21(30)31)9-27(12-3-4-12)18(13)25-19/h7,9-12,16H,3-6,8,23H2,1-2H3,(H,24,29)(H,30,31)/t11?,16-/m0/s1. The zero-order valence-electron chi connectivity index (χ0n) is 17.5. The molecule has 4 rings (SSSR count). The Morgan fingerprint density at radius 3 is 2.65 bits per heavy atom. The van der Waals surface area contributed by atoms with Gasteiger partial charge in [0.2, 0.25) is 11.3 Å². The van der Waals surface area contributed by atoms with E-state index in [0.717, 1.165) is 18.9 Å².